The summed E-state index contributed by atoms with van der Waals surface area (Å²) in [6.07, 6.45) is 0. The molecule has 0 spiro atoms. The van der Waals surface area contributed by atoms with Crippen LogP contribution in [0.25, 0.3) is 10.6 Å². The molecule has 20 heavy (non-hydrogen) atoms. The number of hydrogen-bond acceptors (Lipinski definition) is 3. The van der Waals surface area contributed by atoms with E-state index in [1.807, 2.05) is 20.8 Å². The number of benzene rings is 1. The van der Waals surface area contributed by atoms with Gasteiger partial charge < -0.3 is 5.73 Å². The first kappa shape index (κ1) is 15.2. The summed E-state index contributed by atoms with van der Waals surface area (Å²) in [6.45, 7) is 12.8. The summed E-state index contributed by atoms with van der Waals surface area (Å²) in [5.74, 6) is 0. The molecular weight excluding hydrogens is 264 g/mol. The Balaban J connectivity index is 2.38. The summed E-state index contributed by atoms with van der Waals surface area (Å²) in [4.78, 5) is 5.84. The smallest absolute Gasteiger partial charge is 0.123 e. The second kappa shape index (κ2) is 4.97. The van der Waals surface area contributed by atoms with Crippen molar-refractivity contribution in [3.63, 3.8) is 0 Å². The van der Waals surface area contributed by atoms with E-state index in [9.17, 15) is 0 Å². The van der Waals surface area contributed by atoms with Crippen LogP contribution in [0.1, 0.15) is 50.8 Å². The van der Waals surface area contributed by atoms with Gasteiger partial charge in [-0.3, -0.25) is 0 Å². The van der Waals surface area contributed by atoms with Crippen LogP contribution in [0.5, 0.6) is 0 Å². The minimum absolute atomic E-state index is 0.182. The first-order valence-electron chi connectivity index (χ1n) is 6.97. The van der Waals surface area contributed by atoms with Crippen molar-refractivity contribution < 1.29 is 0 Å². The van der Waals surface area contributed by atoms with E-state index in [1.165, 1.54) is 11.1 Å². The number of thiazole rings is 1. The number of hydrogen-bond donors (Lipinski definition) is 1. The maximum Gasteiger partial charge on any atom is 0.123 e. The lowest BCUT2D eigenvalue weighted by atomic mass is 9.87. The molecule has 0 aliphatic carbocycles. The summed E-state index contributed by atoms with van der Waals surface area (Å²) in [6, 6.07) is 8.71. The Morgan fingerprint density at radius 3 is 1.95 bits per heavy atom. The molecule has 108 valence electrons. The summed E-state index contributed by atoms with van der Waals surface area (Å²) >= 11 is 1.70. The van der Waals surface area contributed by atoms with Gasteiger partial charge in [-0.1, -0.05) is 45.0 Å². The minimum Gasteiger partial charge on any atom is -0.321 e. The predicted molar refractivity (Wildman–Crippen MR) is 88.2 cm³/mol. The van der Waals surface area contributed by atoms with Gasteiger partial charge in [-0.2, -0.15) is 0 Å². The van der Waals surface area contributed by atoms with Crippen LogP contribution in [-0.2, 0) is 11.0 Å². The van der Waals surface area contributed by atoms with Crippen molar-refractivity contribution in [3.8, 4) is 10.6 Å². The number of rotatable bonds is 2. The molecule has 0 atom stereocenters. The highest BCUT2D eigenvalue weighted by molar-refractivity contribution is 7.15. The van der Waals surface area contributed by atoms with Gasteiger partial charge in [-0.15, -0.1) is 11.3 Å². The zero-order valence-corrected chi connectivity index (χ0v) is 14.1. The summed E-state index contributed by atoms with van der Waals surface area (Å²) in [7, 11) is 0. The molecule has 2 rings (SSSR count). The fourth-order valence-corrected chi connectivity index (χ4v) is 3.32. The lowest BCUT2D eigenvalue weighted by Gasteiger charge is -2.18. The highest BCUT2D eigenvalue weighted by Crippen LogP contribution is 2.34. The Bertz CT molecular complexity index is 595. The van der Waals surface area contributed by atoms with Crippen LogP contribution in [0, 0.1) is 6.92 Å². The summed E-state index contributed by atoms with van der Waals surface area (Å²) in [5, 5.41) is 1.05. The van der Waals surface area contributed by atoms with Crippen molar-refractivity contribution in [3.05, 3.63) is 40.4 Å². The van der Waals surface area contributed by atoms with Crippen LogP contribution in [0.2, 0.25) is 0 Å². The molecule has 2 nitrogen and oxygen atoms in total. The van der Waals surface area contributed by atoms with Gasteiger partial charge in [0.05, 0.1) is 5.69 Å². The Labute approximate surface area is 126 Å². The van der Waals surface area contributed by atoms with E-state index in [1.54, 1.807) is 11.3 Å². The first-order valence-corrected chi connectivity index (χ1v) is 7.78. The first-order chi connectivity index (χ1) is 9.09. The molecule has 0 saturated heterocycles. The van der Waals surface area contributed by atoms with Gasteiger partial charge in [0.15, 0.2) is 0 Å². The second-order valence-electron chi connectivity index (χ2n) is 6.98. The van der Waals surface area contributed by atoms with Gasteiger partial charge >= 0.3 is 0 Å². The van der Waals surface area contributed by atoms with Crippen LogP contribution in [0.15, 0.2) is 24.3 Å². The van der Waals surface area contributed by atoms with Gasteiger partial charge in [0, 0.05) is 16.0 Å². The van der Waals surface area contributed by atoms with Crippen molar-refractivity contribution >= 4 is 11.3 Å². The molecule has 1 aromatic heterocycles. The van der Waals surface area contributed by atoms with Gasteiger partial charge in [0.1, 0.15) is 5.01 Å². The standard InChI is InChI=1S/C17H24N2S/c1-11-14(17(5,6)18)20-15(19-11)12-7-9-13(10-8-12)16(2,3)4/h7-10H,18H2,1-6H3. The number of aromatic nitrogens is 1. The average Bonchev–Trinajstić information content (AvgIpc) is 2.70. The van der Waals surface area contributed by atoms with E-state index >= 15 is 0 Å². The van der Waals surface area contributed by atoms with Gasteiger partial charge in [-0.05, 0) is 31.7 Å². The fourth-order valence-electron chi connectivity index (χ4n) is 2.23. The van der Waals surface area contributed by atoms with Crippen LogP contribution in [0.3, 0.4) is 0 Å². The largest absolute Gasteiger partial charge is 0.321 e. The van der Waals surface area contributed by atoms with Crippen molar-refractivity contribution in [2.75, 3.05) is 0 Å². The van der Waals surface area contributed by atoms with Gasteiger partial charge in [0.25, 0.3) is 0 Å². The molecule has 0 amide bonds. The van der Waals surface area contributed by atoms with E-state index in [0.717, 1.165) is 15.6 Å². The third-order valence-corrected chi connectivity index (χ3v) is 4.93. The van der Waals surface area contributed by atoms with Crippen molar-refractivity contribution in [1.82, 2.24) is 4.98 Å². The Morgan fingerprint density at radius 2 is 1.55 bits per heavy atom. The van der Waals surface area contributed by atoms with Crippen LogP contribution in [0.4, 0.5) is 0 Å². The molecule has 0 fully saturated rings. The molecule has 2 N–H and O–H groups in total. The normalized spacial score (nSPS) is 12.8. The molecule has 3 heteroatoms. The van der Waals surface area contributed by atoms with Crippen LogP contribution >= 0.6 is 11.3 Å². The second-order valence-corrected chi connectivity index (χ2v) is 7.98. The molecule has 0 aliphatic heterocycles. The molecule has 1 aromatic carbocycles. The Kier molecular flexibility index (Phi) is 3.78. The lowest BCUT2D eigenvalue weighted by molar-refractivity contribution is 0.562. The molecule has 0 unspecified atom stereocenters. The van der Waals surface area contributed by atoms with E-state index < -0.39 is 0 Å². The fraction of sp³-hybridized carbons (Fsp3) is 0.471. The number of aryl methyl sites for hydroxylation is 1. The van der Waals surface area contributed by atoms with E-state index in [-0.39, 0.29) is 11.0 Å². The molecule has 0 saturated carbocycles. The summed E-state index contributed by atoms with van der Waals surface area (Å²) in [5.41, 5.74) is 9.60. The maximum atomic E-state index is 6.20. The highest BCUT2D eigenvalue weighted by atomic mass is 32.1. The van der Waals surface area contributed by atoms with E-state index in [4.69, 9.17) is 5.73 Å². The van der Waals surface area contributed by atoms with Crippen molar-refractivity contribution in [1.29, 1.82) is 0 Å². The van der Waals surface area contributed by atoms with Crippen molar-refractivity contribution in [2.24, 2.45) is 5.73 Å². The SMILES string of the molecule is Cc1nc(-c2ccc(C(C)(C)C)cc2)sc1C(C)(C)N. The van der Waals surface area contributed by atoms with Crippen LogP contribution < -0.4 is 5.73 Å². The van der Waals surface area contributed by atoms with Crippen molar-refractivity contribution in [2.45, 2.75) is 52.5 Å². The van der Waals surface area contributed by atoms with Gasteiger partial charge in [0.2, 0.25) is 0 Å². The monoisotopic (exact) mass is 288 g/mol. The molecule has 0 bridgehead atoms. The Morgan fingerprint density at radius 1 is 1.00 bits per heavy atom. The average molecular weight is 288 g/mol. The third-order valence-electron chi connectivity index (χ3n) is 3.38. The van der Waals surface area contributed by atoms with E-state index in [2.05, 4.69) is 50.0 Å². The quantitative estimate of drug-likeness (QED) is 0.876. The topological polar surface area (TPSA) is 38.9 Å². The molecule has 0 aliphatic rings. The summed E-state index contributed by atoms with van der Waals surface area (Å²) < 4.78 is 0. The molecule has 1 heterocycles. The number of nitrogens with two attached hydrogens (primary N) is 1. The zero-order chi connectivity index (χ0) is 15.1. The Hall–Kier alpha value is -1.19. The number of nitrogens with zero attached hydrogens (tertiary/aromatic N) is 1. The third kappa shape index (κ3) is 3.10. The zero-order valence-electron chi connectivity index (χ0n) is 13.2. The molecule has 0 radical (unpaired) electrons. The molecule has 2 aromatic rings. The predicted octanol–water partition coefficient (Wildman–Crippen LogP) is 4.61. The highest BCUT2D eigenvalue weighted by Gasteiger charge is 2.22. The minimum atomic E-state index is -0.328. The van der Waals surface area contributed by atoms with Crippen LogP contribution in [-0.4, -0.2) is 4.98 Å². The maximum absolute atomic E-state index is 6.20. The van der Waals surface area contributed by atoms with Gasteiger partial charge in [-0.25, -0.2) is 4.98 Å². The molecular formula is C17H24N2S. The lowest BCUT2D eigenvalue weighted by Crippen LogP contribution is -2.28. The van der Waals surface area contributed by atoms with E-state index in [0.29, 0.717) is 0 Å².